The Hall–Kier alpha value is 0.1000. The topological polar surface area (TPSA) is 23.5 Å². The average molecular weight is 278 g/mol. The molecule has 0 aliphatic carbocycles. The normalized spacial score (nSPS) is 14.8. The number of halogens is 1. The molecule has 1 N–H and O–H groups in total. The Morgan fingerprint density at radius 2 is 2.00 bits per heavy atom. The molecule has 1 aromatic heterocycles. The van der Waals surface area contributed by atoms with Gasteiger partial charge in [-0.2, -0.15) is 0 Å². The lowest BCUT2D eigenvalue weighted by Gasteiger charge is -2.33. The summed E-state index contributed by atoms with van der Waals surface area (Å²) in [5.41, 5.74) is -0.728. The number of hydrogen-bond donors (Lipinski definition) is 1. The van der Waals surface area contributed by atoms with Crippen LogP contribution in [0.4, 0.5) is 0 Å². The van der Waals surface area contributed by atoms with E-state index in [0.29, 0.717) is 0 Å². The van der Waals surface area contributed by atoms with E-state index < -0.39 is 5.60 Å². The molecule has 1 aromatic rings. The zero-order valence-corrected chi connectivity index (χ0v) is 11.3. The van der Waals surface area contributed by atoms with Crippen molar-refractivity contribution in [2.24, 2.45) is 0 Å². The van der Waals surface area contributed by atoms with Gasteiger partial charge in [-0.25, -0.2) is 0 Å². The molecular weight excluding hydrogens is 262 g/mol. The standard InChI is InChI=1S/C10H16BrNOS/c1-10(2,13)9(12(3)4)7-5-6-8(11)14-7/h5-6,9,13H,1-4H3. The van der Waals surface area contributed by atoms with Crippen LogP contribution >= 0.6 is 27.3 Å². The minimum absolute atomic E-state index is 0.0406. The van der Waals surface area contributed by atoms with Crippen LogP contribution in [0.3, 0.4) is 0 Å². The first-order valence-electron chi connectivity index (χ1n) is 4.46. The van der Waals surface area contributed by atoms with Crippen LogP contribution in [0, 0.1) is 0 Å². The number of thiophene rings is 1. The lowest BCUT2D eigenvalue weighted by molar-refractivity contribution is -0.00159. The Labute approximate surface area is 97.7 Å². The van der Waals surface area contributed by atoms with Crippen molar-refractivity contribution in [3.05, 3.63) is 20.8 Å². The van der Waals surface area contributed by atoms with Gasteiger partial charge in [-0.1, -0.05) is 0 Å². The molecule has 0 bridgehead atoms. The van der Waals surface area contributed by atoms with Crippen LogP contribution in [0.25, 0.3) is 0 Å². The molecule has 0 fully saturated rings. The van der Waals surface area contributed by atoms with Crippen LogP contribution in [0.15, 0.2) is 15.9 Å². The number of hydrogen-bond acceptors (Lipinski definition) is 3. The van der Waals surface area contributed by atoms with Gasteiger partial charge < -0.3 is 5.11 Å². The van der Waals surface area contributed by atoms with Gasteiger partial charge in [0.2, 0.25) is 0 Å². The van der Waals surface area contributed by atoms with E-state index in [-0.39, 0.29) is 6.04 Å². The van der Waals surface area contributed by atoms with E-state index in [1.165, 1.54) is 4.88 Å². The predicted molar refractivity (Wildman–Crippen MR) is 64.7 cm³/mol. The van der Waals surface area contributed by atoms with Crippen LogP contribution in [-0.2, 0) is 0 Å². The first-order valence-corrected chi connectivity index (χ1v) is 6.07. The third kappa shape index (κ3) is 2.79. The predicted octanol–water partition coefficient (Wildman–Crippen LogP) is 2.88. The molecule has 0 radical (unpaired) electrons. The summed E-state index contributed by atoms with van der Waals surface area (Å²) in [6.45, 7) is 3.68. The van der Waals surface area contributed by atoms with Crippen LogP contribution < -0.4 is 0 Å². The SMILES string of the molecule is CN(C)C(c1ccc(Br)s1)C(C)(C)O. The van der Waals surface area contributed by atoms with Crippen molar-refractivity contribution in [2.45, 2.75) is 25.5 Å². The average Bonchev–Trinajstić information content (AvgIpc) is 2.31. The molecule has 0 aliphatic rings. The van der Waals surface area contributed by atoms with E-state index >= 15 is 0 Å². The maximum Gasteiger partial charge on any atom is 0.0795 e. The zero-order chi connectivity index (χ0) is 10.9. The Morgan fingerprint density at radius 3 is 2.29 bits per heavy atom. The summed E-state index contributed by atoms with van der Waals surface area (Å²) >= 11 is 5.10. The van der Waals surface area contributed by atoms with Crippen LogP contribution in [0.2, 0.25) is 0 Å². The fourth-order valence-electron chi connectivity index (χ4n) is 1.71. The first kappa shape index (κ1) is 12.2. The van der Waals surface area contributed by atoms with Crippen molar-refractivity contribution in [2.75, 3.05) is 14.1 Å². The van der Waals surface area contributed by atoms with Gasteiger partial charge in [0, 0.05) is 4.88 Å². The highest BCUT2D eigenvalue weighted by molar-refractivity contribution is 9.11. The van der Waals surface area contributed by atoms with Crippen molar-refractivity contribution in [3.63, 3.8) is 0 Å². The van der Waals surface area contributed by atoms with Crippen LogP contribution in [0.1, 0.15) is 24.8 Å². The summed E-state index contributed by atoms with van der Waals surface area (Å²) in [5.74, 6) is 0. The first-order chi connectivity index (χ1) is 6.32. The monoisotopic (exact) mass is 277 g/mol. The molecule has 0 amide bonds. The Bertz CT molecular complexity index is 303. The minimum Gasteiger partial charge on any atom is -0.388 e. The van der Waals surface area contributed by atoms with Gasteiger partial charge in [0.1, 0.15) is 0 Å². The fraction of sp³-hybridized carbons (Fsp3) is 0.600. The van der Waals surface area contributed by atoms with Crippen molar-refractivity contribution in [1.29, 1.82) is 0 Å². The van der Waals surface area contributed by atoms with Crippen LogP contribution in [0.5, 0.6) is 0 Å². The molecule has 80 valence electrons. The maximum atomic E-state index is 10.1. The number of rotatable bonds is 3. The van der Waals surface area contributed by atoms with Crippen molar-refractivity contribution in [1.82, 2.24) is 4.90 Å². The molecule has 1 unspecified atom stereocenters. The van der Waals surface area contributed by atoms with Crippen molar-refractivity contribution < 1.29 is 5.11 Å². The van der Waals surface area contributed by atoms with E-state index in [1.54, 1.807) is 11.3 Å². The minimum atomic E-state index is -0.728. The highest BCUT2D eigenvalue weighted by Crippen LogP contribution is 2.35. The van der Waals surface area contributed by atoms with Gasteiger partial charge in [0.25, 0.3) is 0 Å². The summed E-state index contributed by atoms with van der Waals surface area (Å²) in [7, 11) is 3.96. The van der Waals surface area contributed by atoms with E-state index in [4.69, 9.17) is 0 Å². The largest absolute Gasteiger partial charge is 0.388 e. The van der Waals surface area contributed by atoms with Gasteiger partial charge in [-0.05, 0) is 56.0 Å². The molecule has 0 spiro atoms. The summed E-state index contributed by atoms with van der Waals surface area (Å²) < 4.78 is 1.10. The second-order valence-electron chi connectivity index (χ2n) is 4.16. The van der Waals surface area contributed by atoms with E-state index in [0.717, 1.165) is 3.79 Å². The molecule has 1 rings (SSSR count). The Morgan fingerprint density at radius 1 is 1.43 bits per heavy atom. The summed E-state index contributed by atoms with van der Waals surface area (Å²) in [4.78, 5) is 3.22. The van der Waals surface area contributed by atoms with Gasteiger partial charge in [0.05, 0.1) is 15.4 Å². The molecule has 0 aromatic carbocycles. The van der Waals surface area contributed by atoms with Crippen molar-refractivity contribution in [3.8, 4) is 0 Å². The van der Waals surface area contributed by atoms with E-state index in [2.05, 4.69) is 22.0 Å². The summed E-state index contributed by atoms with van der Waals surface area (Å²) in [6, 6.07) is 4.11. The summed E-state index contributed by atoms with van der Waals surface area (Å²) in [6.07, 6.45) is 0. The third-order valence-electron chi connectivity index (χ3n) is 2.05. The highest BCUT2D eigenvalue weighted by Gasteiger charge is 2.31. The smallest absolute Gasteiger partial charge is 0.0795 e. The van der Waals surface area contributed by atoms with Gasteiger partial charge >= 0.3 is 0 Å². The second kappa shape index (κ2) is 4.31. The van der Waals surface area contributed by atoms with E-state index in [1.807, 2.05) is 38.9 Å². The Kier molecular flexibility index (Phi) is 3.75. The van der Waals surface area contributed by atoms with Crippen molar-refractivity contribution >= 4 is 27.3 Å². The molecule has 14 heavy (non-hydrogen) atoms. The quantitative estimate of drug-likeness (QED) is 0.919. The maximum absolute atomic E-state index is 10.1. The lowest BCUT2D eigenvalue weighted by Crippen LogP contribution is -2.37. The molecule has 2 nitrogen and oxygen atoms in total. The molecule has 1 atom stereocenters. The number of nitrogens with zero attached hydrogens (tertiary/aromatic N) is 1. The van der Waals surface area contributed by atoms with Gasteiger partial charge in [0.15, 0.2) is 0 Å². The summed E-state index contributed by atoms with van der Waals surface area (Å²) in [5, 5.41) is 10.1. The third-order valence-corrected chi connectivity index (χ3v) is 3.73. The molecule has 0 aliphatic heterocycles. The molecular formula is C10H16BrNOS. The van der Waals surface area contributed by atoms with E-state index in [9.17, 15) is 5.11 Å². The highest BCUT2D eigenvalue weighted by atomic mass is 79.9. The lowest BCUT2D eigenvalue weighted by atomic mass is 9.96. The number of aliphatic hydroxyl groups is 1. The number of likely N-dealkylation sites (N-methyl/N-ethyl adjacent to an activating group) is 1. The molecule has 4 heteroatoms. The fourth-order valence-corrected chi connectivity index (χ4v) is 3.51. The Balaban J connectivity index is 3.01. The zero-order valence-electron chi connectivity index (χ0n) is 8.91. The van der Waals surface area contributed by atoms with Gasteiger partial charge in [-0.3, -0.25) is 4.90 Å². The molecule has 1 heterocycles. The molecule has 0 saturated carbocycles. The van der Waals surface area contributed by atoms with Gasteiger partial charge in [-0.15, -0.1) is 11.3 Å². The second-order valence-corrected chi connectivity index (χ2v) is 6.66. The van der Waals surface area contributed by atoms with Crippen LogP contribution in [-0.4, -0.2) is 29.7 Å². The molecule has 0 saturated heterocycles.